The summed E-state index contributed by atoms with van der Waals surface area (Å²) < 4.78 is 4.99. The van der Waals surface area contributed by atoms with Gasteiger partial charge in [0.2, 0.25) is 5.91 Å². The minimum absolute atomic E-state index is 0.0988. The van der Waals surface area contributed by atoms with Gasteiger partial charge in [0, 0.05) is 11.5 Å². The molecule has 5 nitrogen and oxygen atoms in total. The Morgan fingerprint density at radius 1 is 1.21 bits per heavy atom. The van der Waals surface area contributed by atoms with Crippen molar-refractivity contribution in [1.82, 2.24) is 10.1 Å². The monoisotopic (exact) mass is 341 g/mol. The van der Waals surface area contributed by atoms with E-state index < -0.39 is 0 Å². The molecule has 1 atom stereocenters. The number of hydrogen-bond acceptors (Lipinski definition) is 5. The van der Waals surface area contributed by atoms with Crippen LogP contribution < -0.4 is 5.32 Å². The van der Waals surface area contributed by atoms with Gasteiger partial charge in [0.15, 0.2) is 5.82 Å². The quantitative estimate of drug-likeness (QED) is 0.701. The second kappa shape index (κ2) is 7.05. The lowest BCUT2D eigenvalue weighted by Gasteiger charge is -2.18. The number of pyridine rings is 1. The van der Waals surface area contributed by atoms with Crippen LogP contribution in [0.4, 0.5) is 5.82 Å². The number of aryl methyl sites for hydroxylation is 1. The normalized spacial score (nSPS) is 12.5. The number of benzene rings is 1. The summed E-state index contributed by atoms with van der Waals surface area (Å²) in [6.07, 6.45) is 0. The van der Waals surface area contributed by atoms with E-state index >= 15 is 0 Å². The molecule has 2 heterocycles. The van der Waals surface area contributed by atoms with Crippen molar-refractivity contribution in [2.45, 2.75) is 31.0 Å². The van der Waals surface area contributed by atoms with Gasteiger partial charge in [-0.2, -0.15) is 0 Å². The highest BCUT2D eigenvalue weighted by Crippen LogP contribution is 2.29. The zero-order valence-electron chi connectivity index (χ0n) is 13.8. The summed E-state index contributed by atoms with van der Waals surface area (Å²) in [6.45, 7) is 5.83. The van der Waals surface area contributed by atoms with Crippen molar-refractivity contribution < 1.29 is 9.32 Å². The molecule has 0 spiro atoms. The zero-order valence-corrected chi connectivity index (χ0v) is 14.6. The Kier molecular flexibility index (Phi) is 4.85. The number of thioether (sulfide) groups is 1. The maximum atomic E-state index is 12.6. The highest BCUT2D eigenvalue weighted by molar-refractivity contribution is 8.00. The molecule has 2 aromatic heterocycles. The lowest BCUT2D eigenvalue weighted by molar-refractivity contribution is -0.116. The molecule has 6 heteroatoms. The van der Waals surface area contributed by atoms with E-state index in [1.54, 1.807) is 13.0 Å². The third kappa shape index (κ3) is 3.76. The molecule has 0 aliphatic rings. The molecule has 1 N–H and O–H groups in total. The highest BCUT2D eigenvalue weighted by atomic mass is 32.2. The second-order valence-electron chi connectivity index (χ2n) is 5.94. The molecule has 0 radical (unpaired) electrons. The topological polar surface area (TPSA) is 68.0 Å². The number of nitrogens with one attached hydrogen (secondary N) is 1. The molecule has 0 aliphatic carbocycles. The number of aromatic nitrogens is 2. The van der Waals surface area contributed by atoms with Gasteiger partial charge in [0.25, 0.3) is 0 Å². The first kappa shape index (κ1) is 16.5. The van der Waals surface area contributed by atoms with Crippen molar-refractivity contribution in [3.8, 4) is 0 Å². The summed E-state index contributed by atoms with van der Waals surface area (Å²) >= 11 is 1.46. The van der Waals surface area contributed by atoms with Crippen molar-refractivity contribution in [2.75, 3.05) is 5.32 Å². The lowest BCUT2D eigenvalue weighted by Crippen LogP contribution is -2.29. The van der Waals surface area contributed by atoms with Crippen LogP contribution in [0.1, 0.15) is 19.6 Å². The van der Waals surface area contributed by atoms with Crippen molar-refractivity contribution in [3.05, 3.63) is 48.2 Å². The smallest absolute Gasteiger partial charge is 0.239 e. The van der Waals surface area contributed by atoms with Crippen LogP contribution in [0.15, 0.2) is 52.0 Å². The van der Waals surface area contributed by atoms with E-state index in [1.165, 1.54) is 11.8 Å². The van der Waals surface area contributed by atoms with E-state index in [9.17, 15) is 4.79 Å². The average molecular weight is 341 g/mol. The summed E-state index contributed by atoms with van der Waals surface area (Å²) in [6, 6.07) is 13.6. The zero-order chi connectivity index (χ0) is 17.1. The van der Waals surface area contributed by atoms with Gasteiger partial charge in [0.05, 0.1) is 15.8 Å². The van der Waals surface area contributed by atoms with Crippen LogP contribution in [0.25, 0.3) is 10.9 Å². The Labute approximate surface area is 144 Å². The van der Waals surface area contributed by atoms with Gasteiger partial charge in [-0.3, -0.25) is 4.79 Å². The number of amides is 1. The van der Waals surface area contributed by atoms with Crippen LogP contribution in [-0.4, -0.2) is 21.3 Å². The van der Waals surface area contributed by atoms with Gasteiger partial charge >= 0.3 is 0 Å². The molecule has 124 valence electrons. The third-order valence-electron chi connectivity index (χ3n) is 3.56. The lowest BCUT2D eigenvalue weighted by atomic mass is 10.1. The maximum absolute atomic E-state index is 12.6. The Morgan fingerprint density at radius 2 is 2.00 bits per heavy atom. The molecule has 24 heavy (non-hydrogen) atoms. The second-order valence-corrected chi connectivity index (χ2v) is 7.10. The Bertz CT molecular complexity index is 860. The first-order valence-corrected chi connectivity index (χ1v) is 8.67. The van der Waals surface area contributed by atoms with Gasteiger partial charge in [-0.15, -0.1) is 0 Å². The average Bonchev–Trinajstić information content (AvgIpc) is 2.97. The van der Waals surface area contributed by atoms with Crippen LogP contribution in [0, 0.1) is 12.8 Å². The SMILES string of the molecule is Cc1cc(NC(=O)[C@@H](Sc2ccc3ccccc3n2)C(C)C)no1. The van der Waals surface area contributed by atoms with Gasteiger partial charge in [0.1, 0.15) is 5.76 Å². The summed E-state index contributed by atoms with van der Waals surface area (Å²) in [5, 5.41) is 8.28. The number of rotatable bonds is 5. The van der Waals surface area contributed by atoms with Gasteiger partial charge in [-0.25, -0.2) is 4.98 Å². The summed E-state index contributed by atoms with van der Waals surface area (Å²) in [4.78, 5) is 17.2. The number of hydrogen-bond donors (Lipinski definition) is 1. The van der Waals surface area contributed by atoms with Gasteiger partial charge in [-0.1, -0.05) is 55.0 Å². The van der Waals surface area contributed by atoms with E-state index in [0.29, 0.717) is 11.6 Å². The first-order chi connectivity index (χ1) is 11.5. The van der Waals surface area contributed by atoms with Crippen molar-refractivity contribution in [3.63, 3.8) is 0 Å². The van der Waals surface area contributed by atoms with E-state index in [4.69, 9.17) is 4.52 Å². The predicted octanol–water partition coefficient (Wildman–Crippen LogP) is 4.29. The molecular weight excluding hydrogens is 322 g/mol. The van der Waals surface area contributed by atoms with E-state index in [1.807, 2.05) is 50.2 Å². The standard InChI is InChI=1S/C18H19N3O2S/c1-11(2)17(18(22)20-15-10-12(3)23-21-15)24-16-9-8-13-6-4-5-7-14(13)19-16/h4-11,17H,1-3H3,(H,20,21,22)/t17-/m0/s1. The van der Waals surface area contributed by atoms with Crippen LogP contribution in [0.5, 0.6) is 0 Å². The highest BCUT2D eigenvalue weighted by Gasteiger charge is 2.25. The van der Waals surface area contributed by atoms with Crippen LogP contribution >= 0.6 is 11.8 Å². The number of fused-ring (bicyclic) bond motifs is 1. The molecule has 0 saturated heterocycles. The fraction of sp³-hybridized carbons (Fsp3) is 0.278. The summed E-state index contributed by atoms with van der Waals surface area (Å²) in [5.41, 5.74) is 0.928. The molecule has 1 amide bonds. The number of carbonyl (C=O) groups is 1. The first-order valence-electron chi connectivity index (χ1n) is 7.79. The molecule has 0 fully saturated rings. The number of carbonyl (C=O) groups excluding carboxylic acids is 1. The predicted molar refractivity (Wildman–Crippen MR) is 96.1 cm³/mol. The molecule has 0 aliphatic heterocycles. The molecule has 0 saturated carbocycles. The van der Waals surface area contributed by atoms with Crippen molar-refractivity contribution >= 4 is 34.4 Å². The van der Waals surface area contributed by atoms with Crippen LogP contribution in [0.3, 0.4) is 0 Å². The molecule has 3 aromatic rings. The number of nitrogens with zero attached hydrogens (tertiary/aromatic N) is 2. The maximum Gasteiger partial charge on any atom is 0.239 e. The molecule has 0 unspecified atom stereocenters. The Hall–Kier alpha value is -2.34. The molecule has 1 aromatic carbocycles. The molecule has 0 bridgehead atoms. The molecular formula is C18H19N3O2S. The Balaban J connectivity index is 1.78. The third-order valence-corrected chi connectivity index (χ3v) is 5.04. The number of anilines is 1. The van der Waals surface area contributed by atoms with Crippen LogP contribution in [-0.2, 0) is 4.79 Å². The van der Waals surface area contributed by atoms with E-state index in [0.717, 1.165) is 15.9 Å². The fourth-order valence-electron chi connectivity index (χ4n) is 2.36. The minimum Gasteiger partial charge on any atom is -0.360 e. The summed E-state index contributed by atoms with van der Waals surface area (Å²) in [5.74, 6) is 1.15. The van der Waals surface area contributed by atoms with E-state index in [2.05, 4.69) is 15.5 Å². The largest absolute Gasteiger partial charge is 0.360 e. The summed E-state index contributed by atoms with van der Waals surface area (Å²) in [7, 11) is 0. The van der Waals surface area contributed by atoms with Gasteiger partial charge < -0.3 is 9.84 Å². The van der Waals surface area contributed by atoms with Crippen molar-refractivity contribution in [1.29, 1.82) is 0 Å². The van der Waals surface area contributed by atoms with Crippen molar-refractivity contribution in [2.24, 2.45) is 5.92 Å². The minimum atomic E-state index is -0.268. The van der Waals surface area contributed by atoms with E-state index in [-0.39, 0.29) is 17.1 Å². The Morgan fingerprint density at radius 3 is 2.71 bits per heavy atom. The number of para-hydroxylation sites is 1. The fourth-order valence-corrected chi connectivity index (χ4v) is 3.35. The molecule has 3 rings (SSSR count). The van der Waals surface area contributed by atoms with Crippen LogP contribution in [0.2, 0.25) is 0 Å². The van der Waals surface area contributed by atoms with Gasteiger partial charge in [-0.05, 0) is 25.0 Å².